The predicted molar refractivity (Wildman–Crippen MR) is 86.8 cm³/mol. The van der Waals surface area contributed by atoms with Crippen molar-refractivity contribution in [3.05, 3.63) is 42.1 Å². The first-order valence-electron chi connectivity index (χ1n) is 7.95. The molecule has 2 aliphatic heterocycles. The molecule has 4 heterocycles. The Hall–Kier alpha value is -2.21. The summed E-state index contributed by atoms with van der Waals surface area (Å²) < 4.78 is 19.7. The van der Waals surface area contributed by atoms with Gasteiger partial charge in [-0.15, -0.1) is 0 Å². The zero-order chi connectivity index (χ0) is 15.8. The van der Waals surface area contributed by atoms with Crippen LogP contribution in [0, 0.1) is 5.95 Å². The van der Waals surface area contributed by atoms with Gasteiger partial charge in [-0.05, 0) is 25.5 Å². The third kappa shape index (κ3) is 2.53. The smallest absolute Gasteiger partial charge is 0.216 e. The number of nitrogens with zero attached hydrogens (tertiary/aromatic N) is 4. The Bertz CT molecular complexity index is 709. The van der Waals surface area contributed by atoms with Gasteiger partial charge in [-0.25, -0.2) is 4.98 Å². The molecule has 2 aromatic heterocycles. The van der Waals surface area contributed by atoms with Gasteiger partial charge in [0.2, 0.25) is 5.95 Å². The third-order valence-electron chi connectivity index (χ3n) is 4.52. The quantitative estimate of drug-likeness (QED) is 0.797. The molecule has 2 aromatic rings. The molecular formula is C17H19FN4O. The molecule has 0 N–H and O–H groups in total. The summed E-state index contributed by atoms with van der Waals surface area (Å²) in [6.45, 7) is 4.96. The largest absolute Gasteiger partial charge is 0.377 e. The van der Waals surface area contributed by atoms with Gasteiger partial charge in [0.25, 0.3) is 0 Å². The van der Waals surface area contributed by atoms with Crippen molar-refractivity contribution < 1.29 is 9.13 Å². The monoisotopic (exact) mass is 314 g/mol. The number of pyridine rings is 2. The third-order valence-corrected chi connectivity index (χ3v) is 4.52. The fraction of sp³-hybridized carbons (Fsp3) is 0.412. The van der Waals surface area contributed by atoms with Gasteiger partial charge >= 0.3 is 0 Å². The van der Waals surface area contributed by atoms with Crippen molar-refractivity contribution in [3.8, 4) is 0 Å². The molecule has 0 bridgehead atoms. The molecule has 1 saturated heterocycles. The average molecular weight is 314 g/mol. The molecule has 6 heteroatoms. The van der Waals surface area contributed by atoms with Crippen LogP contribution >= 0.6 is 0 Å². The molecule has 120 valence electrons. The Labute approximate surface area is 134 Å². The zero-order valence-corrected chi connectivity index (χ0v) is 13.1. The van der Waals surface area contributed by atoms with Crippen molar-refractivity contribution in [2.75, 3.05) is 36.1 Å². The lowest BCUT2D eigenvalue weighted by atomic mass is 10.1. The van der Waals surface area contributed by atoms with E-state index in [2.05, 4.69) is 26.7 Å². The molecule has 0 spiro atoms. The molecule has 0 aromatic carbocycles. The molecule has 0 saturated carbocycles. The highest BCUT2D eigenvalue weighted by atomic mass is 19.1. The Morgan fingerprint density at radius 2 is 2.26 bits per heavy atom. The topological polar surface area (TPSA) is 41.5 Å². The minimum absolute atomic E-state index is 0.203. The summed E-state index contributed by atoms with van der Waals surface area (Å²) in [5, 5.41) is 0. The van der Waals surface area contributed by atoms with Crippen LogP contribution in [-0.2, 0) is 11.2 Å². The van der Waals surface area contributed by atoms with Gasteiger partial charge in [-0.2, -0.15) is 4.39 Å². The minimum Gasteiger partial charge on any atom is -0.377 e. The van der Waals surface area contributed by atoms with E-state index in [0.717, 1.165) is 42.3 Å². The van der Waals surface area contributed by atoms with Crippen LogP contribution in [0.3, 0.4) is 0 Å². The second-order valence-electron chi connectivity index (χ2n) is 6.00. The number of anilines is 3. The molecule has 0 unspecified atom stereocenters. The van der Waals surface area contributed by atoms with Crippen LogP contribution in [0.2, 0.25) is 0 Å². The number of hydrogen-bond donors (Lipinski definition) is 0. The van der Waals surface area contributed by atoms with Crippen molar-refractivity contribution in [2.24, 2.45) is 0 Å². The molecule has 1 atom stereocenters. The second-order valence-corrected chi connectivity index (χ2v) is 6.00. The van der Waals surface area contributed by atoms with Gasteiger partial charge in [0.05, 0.1) is 36.8 Å². The lowest BCUT2D eigenvalue weighted by Crippen LogP contribution is -2.44. The summed E-state index contributed by atoms with van der Waals surface area (Å²) in [7, 11) is 0. The van der Waals surface area contributed by atoms with Crippen molar-refractivity contribution in [1.29, 1.82) is 0 Å². The molecule has 1 fully saturated rings. The standard InChI is InChI=1S/C17H19FN4O/c1-12-11-23-8-7-21(12)17-14-4-6-22(13-3-2-5-19-10-13)15(14)9-16(18)20-17/h2-3,5,9-10,12H,4,6-8,11H2,1H3/t12-/m1/s1. The summed E-state index contributed by atoms with van der Waals surface area (Å²) in [4.78, 5) is 12.7. The maximum absolute atomic E-state index is 14.2. The summed E-state index contributed by atoms with van der Waals surface area (Å²) >= 11 is 0. The molecule has 0 aliphatic carbocycles. The number of morpholine rings is 1. The summed E-state index contributed by atoms with van der Waals surface area (Å²) in [6, 6.07) is 5.63. The zero-order valence-electron chi connectivity index (χ0n) is 13.1. The molecule has 4 rings (SSSR count). The Kier molecular flexibility index (Phi) is 3.61. The van der Waals surface area contributed by atoms with E-state index in [4.69, 9.17) is 4.74 Å². The van der Waals surface area contributed by atoms with Crippen molar-refractivity contribution in [2.45, 2.75) is 19.4 Å². The Morgan fingerprint density at radius 1 is 1.35 bits per heavy atom. The minimum atomic E-state index is -0.437. The van der Waals surface area contributed by atoms with E-state index < -0.39 is 5.95 Å². The van der Waals surface area contributed by atoms with Crippen LogP contribution < -0.4 is 9.80 Å². The van der Waals surface area contributed by atoms with E-state index in [1.807, 2.05) is 18.3 Å². The number of ether oxygens (including phenoxy) is 1. The van der Waals surface area contributed by atoms with Crippen LogP contribution in [0.4, 0.5) is 21.6 Å². The van der Waals surface area contributed by atoms with Crippen molar-refractivity contribution >= 4 is 17.2 Å². The lowest BCUT2D eigenvalue weighted by Gasteiger charge is -2.35. The van der Waals surface area contributed by atoms with E-state index >= 15 is 0 Å². The van der Waals surface area contributed by atoms with E-state index in [9.17, 15) is 4.39 Å². The summed E-state index contributed by atoms with van der Waals surface area (Å²) in [5.41, 5.74) is 3.00. The van der Waals surface area contributed by atoms with Gasteiger partial charge < -0.3 is 14.5 Å². The van der Waals surface area contributed by atoms with Crippen molar-refractivity contribution in [1.82, 2.24) is 9.97 Å². The van der Waals surface area contributed by atoms with Gasteiger partial charge in [0.15, 0.2) is 0 Å². The van der Waals surface area contributed by atoms with E-state index in [1.54, 1.807) is 6.20 Å². The van der Waals surface area contributed by atoms with Crippen LogP contribution in [0.25, 0.3) is 0 Å². The first kappa shape index (κ1) is 14.4. The second kappa shape index (κ2) is 5.77. The van der Waals surface area contributed by atoms with Crippen LogP contribution in [-0.4, -0.2) is 42.3 Å². The highest BCUT2D eigenvalue weighted by molar-refractivity contribution is 5.74. The fourth-order valence-corrected chi connectivity index (χ4v) is 3.40. The van der Waals surface area contributed by atoms with Crippen LogP contribution in [0.15, 0.2) is 30.6 Å². The molecule has 2 aliphatic rings. The summed E-state index contributed by atoms with van der Waals surface area (Å²) in [5.74, 6) is 0.329. The number of fused-ring (bicyclic) bond motifs is 1. The van der Waals surface area contributed by atoms with E-state index in [1.165, 1.54) is 6.07 Å². The highest BCUT2D eigenvalue weighted by Gasteiger charge is 2.30. The molecule has 23 heavy (non-hydrogen) atoms. The number of rotatable bonds is 2. The normalized spacial score (nSPS) is 20.7. The van der Waals surface area contributed by atoms with E-state index in [0.29, 0.717) is 13.2 Å². The van der Waals surface area contributed by atoms with Gasteiger partial charge in [-0.1, -0.05) is 0 Å². The molecule has 5 nitrogen and oxygen atoms in total. The number of halogens is 1. The Morgan fingerprint density at radius 3 is 3.04 bits per heavy atom. The predicted octanol–water partition coefficient (Wildman–Crippen LogP) is 2.54. The van der Waals surface area contributed by atoms with Crippen molar-refractivity contribution in [3.63, 3.8) is 0 Å². The number of hydrogen-bond acceptors (Lipinski definition) is 5. The molecule has 0 amide bonds. The first-order valence-corrected chi connectivity index (χ1v) is 7.95. The maximum Gasteiger partial charge on any atom is 0.216 e. The SMILES string of the molecule is C[C@@H]1COCCN1c1nc(F)cc2c1CCN2c1cccnc1. The average Bonchev–Trinajstić information content (AvgIpc) is 2.99. The number of aromatic nitrogens is 2. The molecule has 0 radical (unpaired) electrons. The highest BCUT2D eigenvalue weighted by Crippen LogP contribution is 2.39. The maximum atomic E-state index is 14.2. The van der Waals surface area contributed by atoms with Crippen LogP contribution in [0.1, 0.15) is 12.5 Å². The first-order chi connectivity index (χ1) is 11.2. The lowest BCUT2D eigenvalue weighted by molar-refractivity contribution is 0.0984. The van der Waals surface area contributed by atoms with Gasteiger partial charge in [0, 0.05) is 30.9 Å². The van der Waals surface area contributed by atoms with Crippen LogP contribution in [0.5, 0.6) is 0 Å². The molecular weight excluding hydrogens is 295 g/mol. The fourth-order valence-electron chi connectivity index (χ4n) is 3.40. The van der Waals surface area contributed by atoms with Gasteiger partial charge in [0.1, 0.15) is 5.82 Å². The van der Waals surface area contributed by atoms with Gasteiger partial charge in [-0.3, -0.25) is 4.98 Å². The Balaban J connectivity index is 1.77. The summed E-state index contributed by atoms with van der Waals surface area (Å²) in [6.07, 6.45) is 4.41. The van der Waals surface area contributed by atoms with E-state index in [-0.39, 0.29) is 6.04 Å².